The number of carbonyl (C=O) groups excluding carboxylic acids is 4. The van der Waals surface area contributed by atoms with Crippen molar-refractivity contribution in [2.75, 3.05) is 25.1 Å². The number of rotatable bonds is 14. The number of amides is 3. The van der Waals surface area contributed by atoms with E-state index in [0.29, 0.717) is 30.5 Å². The Bertz CT molecular complexity index is 1590. The van der Waals surface area contributed by atoms with Gasteiger partial charge in [-0.05, 0) is 69.7 Å². The third-order valence-electron chi connectivity index (χ3n) is 10.6. The first-order chi connectivity index (χ1) is 23.4. The number of hydrogen-bond acceptors (Lipinski definition) is 7. The summed E-state index contributed by atoms with van der Waals surface area (Å²) in [6.07, 6.45) is 3.54. The third kappa shape index (κ3) is 6.44. The van der Waals surface area contributed by atoms with Crippen molar-refractivity contribution >= 4 is 29.4 Å². The summed E-state index contributed by atoms with van der Waals surface area (Å²) in [5.74, 6) is -3.44. The molecule has 49 heavy (non-hydrogen) atoms. The fraction of sp³-hybridized carbons (Fsp3) is 0.487. The van der Waals surface area contributed by atoms with Crippen LogP contribution in [0.15, 0.2) is 73.8 Å². The van der Waals surface area contributed by atoms with E-state index < -0.39 is 59.6 Å². The van der Waals surface area contributed by atoms with E-state index in [0.717, 1.165) is 11.1 Å². The number of aliphatic hydroxyl groups excluding tert-OH is 1. The zero-order valence-electron chi connectivity index (χ0n) is 29.2. The summed E-state index contributed by atoms with van der Waals surface area (Å²) in [6.45, 7) is 14.8. The van der Waals surface area contributed by atoms with Gasteiger partial charge in [-0.15, -0.1) is 13.2 Å². The van der Waals surface area contributed by atoms with Crippen LogP contribution in [0, 0.1) is 25.7 Å². The van der Waals surface area contributed by atoms with E-state index in [9.17, 15) is 24.3 Å². The fourth-order valence-electron chi connectivity index (χ4n) is 7.92. The summed E-state index contributed by atoms with van der Waals surface area (Å²) < 4.78 is 13.0. The van der Waals surface area contributed by atoms with Crippen molar-refractivity contribution in [3.63, 3.8) is 0 Å². The molecule has 0 radical (unpaired) electrons. The molecule has 3 saturated heterocycles. The van der Waals surface area contributed by atoms with Crippen LogP contribution in [-0.4, -0.2) is 88.6 Å². The van der Waals surface area contributed by atoms with E-state index in [4.69, 9.17) is 9.47 Å². The first-order valence-electron chi connectivity index (χ1n) is 17.1. The summed E-state index contributed by atoms with van der Waals surface area (Å²) in [6, 6.07) is 12.8. The van der Waals surface area contributed by atoms with Gasteiger partial charge in [-0.25, -0.2) is 0 Å². The Morgan fingerprint density at radius 2 is 1.84 bits per heavy atom. The molecule has 2 bridgehead atoms. The van der Waals surface area contributed by atoms with E-state index in [1.807, 2.05) is 69.3 Å². The highest BCUT2D eigenvalue weighted by atomic mass is 16.6. The van der Waals surface area contributed by atoms with Gasteiger partial charge in [0.25, 0.3) is 5.91 Å². The fourth-order valence-corrected chi connectivity index (χ4v) is 7.92. The molecule has 3 amide bonds. The van der Waals surface area contributed by atoms with Crippen molar-refractivity contribution in [1.29, 1.82) is 0 Å². The third-order valence-corrected chi connectivity index (χ3v) is 10.6. The molecule has 10 heteroatoms. The molecule has 2 aromatic rings. The number of allylic oxidation sites excluding steroid dienone is 1. The second-order valence-electron chi connectivity index (χ2n) is 13.7. The van der Waals surface area contributed by atoms with Gasteiger partial charge < -0.3 is 29.3 Å². The smallest absolute Gasteiger partial charge is 0.313 e. The van der Waals surface area contributed by atoms with Crippen LogP contribution in [0.1, 0.15) is 62.3 Å². The second-order valence-corrected chi connectivity index (χ2v) is 13.7. The molecule has 3 aliphatic rings. The largest absolute Gasteiger partial charge is 0.455 e. The van der Waals surface area contributed by atoms with E-state index in [-0.39, 0.29) is 31.4 Å². The number of carbonyl (C=O) groups is 4. The number of aliphatic hydroxyl groups is 1. The quantitative estimate of drug-likeness (QED) is 0.229. The topological polar surface area (TPSA) is 117 Å². The number of esters is 1. The first kappa shape index (κ1) is 36.0. The molecular weight excluding hydrogens is 622 g/mol. The van der Waals surface area contributed by atoms with Crippen LogP contribution in [0.5, 0.6) is 0 Å². The average molecular weight is 672 g/mol. The zero-order valence-corrected chi connectivity index (χ0v) is 29.2. The van der Waals surface area contributed by atoms with Crippen LogP contribution < -0.4 is 4.90 Å². The second kappa shape index (κ2) is 14.7. The normalized spacial score (nSPS) is 25.7. The lowest BCUT2D eigenvalue weighted by Crippen LogP contribution is -2.58. The number of hydrogen-bond donors (Lipinski definition) is 1. The van der Waals surface area contributed by atoms with Gasteiger partial charge in [-0.1, -0.05) is 54.6 Å². The van der Waals surface area contributed by atoms with E-state index >= 15 is 0 Å². The molecule has 3 fully saturated rings. The number of benzene rings is 2. The molecule has 1 spiro atoms. The van der Waals surface area contributed by atoms with Gasteiger partial charge in [-0.2, -0.15) is 0 Å². The molecule has 3 aliphatic heterocycles. The van der Waals surface area contributed by atoms with Crippen LogP contribution in [0.3, 0.4) is 0 Å². The monoisotopic (exact) mass is 671 g/mol. The number of likely N-dealkylation sites (N-methyl/N-ethyl adjacent to an activating group) is 1. The highest BCUT2D eigenvalue weighted by molar-refractivity contribution is 6.05. The van der Waals surface area contributed by atoms with E-state index in [1.165, 1.54) is 4.90 Å². The lowest BCUT2D eigenvalue weighted by molar-refractivity contribution is -0.165. The van der Waals surface area contributed by atoms with Gasteiger partial charge in [0.15, 0.2) is 0 Å². The van der Waals surface area contributed by atoms with E-state index in [1.54, 1.807) is 35.9 Å². The predicted molar refractivity (Wildman–Crippen MR) is 186 cm³/mol. The molecule has 3 heterocycles. The highest BCUT2D eigenvalue weighted by Gasteiger charge is 2.75. The number of likely N-dealkylation sites (tertiary alicyclic amines) is 1. The van der Waals surface area contributed by atoms with Gasteiger partial charge in [0.1, 0.15) is 17.7 Å². The Morgan fingerprint density at radius 1 is 1.12 bits per heavy atom. The van der Waals surface area contributed by atoms with Gasteiger partial charge in [0, 0.05) is 25.7 Å². The van der Waals surface area contributed by atoms with Crippen LogP contribution in [0.25, 0.3) is 0 Å². The Labute approximate surface area is 289 Å². The summed E-state index contributed by atoms with van der Waals surface area (Å²) in [5, 5.41) is 10.3. The standard InChI is InChI=1S/C39H49N3O7/c1-8-10-16-31(44)40(7)27(6)34(28-14-12-11-13-15-28)48-38(47)32-30-19-20-39(49-30)33(32)36(45)42(26(5)23-43)35(39)37(46)41(21-9-2)29-22-24(3)17-18-25(29)4/h8-9,11-15,17-18,22,26-27,30,32-35,43H,1-2,10,16,19-21,23H2,3-7H3/t26-,27+,30-,32+,33+,34-,35-,39+/m1/s1. The number of nitrogens with zero attached hydrogens (tertiary/aromatic N) is 3. The zero-order chi connectivity index (χ0) is 35.6. The highest BCUT2D eigenvalue weighted by Crippen LogP contribution is 2.59. The maximum atomic E-state index is 14.8. The molecule has 0 aromatic heterocycles. The SMILES string of the molecule is C=CCCC(=O)N(C)[C@@H](C)[C@@H](OC(=O)[C@@H]1[C@H]2C(=O)N([C@H](C)CO)[C@H](C(=O)N(CC=C)c3cc(C)ccc3C)[C@]23CC[C@H]1O3)c1ccccc1. The lowest BCUT2D eigenvalue weighted by Gasteiger charge is -2.38. The van der Waals surface area contributed by atoms with Crippen LogP contribution in [0.4, 0.5) is 5.69 Å². The van der Waals surface area contributed by atoms with Crippen molar-refractivity contribution in [3.05, 3.63) is 90.5 Å². The molecule has 5 rings (SSSR count). The number of ether oxygens (including phenoxy) is 2. The average Bonchev–Trinajstić information content (AvgIpc) is 3.76. The minimum absolute atomic E-state index is 0.111. The van der Waals surface area contributed by atoms with Crippen molar-refractivity contribution in [1.82, 2.24) is 9.80 Å². The van der Waals surface area contributed by atoms with Gasteiger partial charge in [-0.3, -0.25) is 19.2 Å². The summed E-state index contributed by atoms with van der Waals surface area (Å²) in [5.41, 5.74) is 1.98. The minimum atomic E-state index is -1.28. The maximum absolute atomic E-state index is 14.8. The molecule has 1 N–H and O–H groups in total. The molecule has 0 unspecified atom stereocenters. The van der Waals surface area contributed by atoms with Crippen LogP contribution >= 0.6 is 0 Å². The van der Waals surface area contributed by atoms with Gasteiger partial charge in [0.2, 0.25) is 11.8 Å². The van der Waals surface area contributed by atoms with Crippen molar-refractivity contribution in [2.24, 2.45) is 11.8 Å². The number of fused-ring (bicyclic) bond motifs is 1. The Morgan fingerprint density at radius 3 is 2.49 bits per heavy atom. The lowest BCUT2D eigenvalue weighted by atomic mass is 9.70. The number of aryl methyl sites for hydroxylation is 2. The summed E-state index contributed by atoms with van der Waals surface area (Å²) >= 11 is 0. The van der Waals surface area contributed by atoms with Crippen LogP contribution in [0.2, 0.25) is 0 Å². The minimum Gasteiger partial charge on any atom is -0.455 e. The van der Waals surface area contributed by atoms with Gasteiger partial charge >= 0.3 is 5.97 Å². The predicted octanol–water partition coefficient (Wildman–Crippen LogP) is 4.68. The van der Waals surface area contributed by atoms with Crippen molar-refractivity contribution < 1.29 is 33.8 Å². The first-order valence-corrected chi connectivity index (χ1v) is 17.1. The summed E-state index contributed by atoms with van der Waals surface area (Å²) in [4.78, 5) is 61.3. The molecule has 10 nitrogen and oxygen atoms in total. The molecule has 2 aromatic carbocycles. The maximum Gasteiger partial charge on any atom is 0.313 e. The summed E-state index contributed by atoms with van der Waals surface area (Å²) in [7, 11) is 1.69. The van der Waals surface area contributed by atoms with Crippen molar-refractivity contribution in [3.8, 4) is 0 Å². The molecule has 262 valence electrons. The van der Waals surface area contributed by atoms with Gasteiger partial charge in [0.05, 0.1) is 36.6 Å². The molecular formula is C39H49N3O7. The Kier molecular flexibility index (Phi) is 10.8. The van der Waals surface area contributed by atoms with Crippen LogP contribution in [-0.2, 0) is 28.7 Å². The Balaban J connectivity index is 1.51. The number of anilines is 1. The Hall–Kier alpha value is -4.28. The van der Waals surface area contributed by atoms with E-state index in [2.05, 4.69) is 13.2 Å². The molecule has 0 saturated carbocycles. The molecule has 0 aliphatic carbocycles. The molecule has 8 atom stereocenters. The van der Waals surface area contributed by atoms with Crippen molar-refractivity contribution in [2.45, 2.75) is 89.3 Å².